The summed E-state index contributed by atoms with van der Waals surface area (Å²) in [5.41, 5.74) is 0.301. The predicted octanol–water partition coefficient (Wildman–Crippen LogP) is 2.52. The maximum atomic E-state index is 14.1. The summed E-state index contributed by atoms with van der Waals surface area (Å²) in [7, 11) is 1.37. The topological polar surface area (TPSA) is 75.2 Å². The fourth-order valence-electron chi connectivity index (χ4n) is 3.13. The molecule has 1 fully saturated rings. The van der Waals surface area contributed by atoms with E-state index in [0.29, 0.717) is 15.9 Å². The van der Waals surface area contributed by atoms with E-state index in [-0.39, 0.29) is 22.8 Å². The Bertz CT molecular complexity index is 930. The van der Waals surface area contributed by atoms with Crippen LogP contribution in [-0.4, -0.2) is 22.0 Å². The number of benzene rings is 1. The van der Waals surface area contributed by atoms with Crippen LogP contribution in [0.1, 0.15) is 30.6 Å². The van der Waals surface area contributed by atoms with Crippen LogP contribution in [0.4, 0.5) is 4.39 Å². The van der Waals surface area contributed by atoms with Gasteiger partial charge in [0, 0.05) is 6.04 Å². The monoisotopic (exact) mass is 332 g/mol. The lowest BCUT2D eigenvalue weighted by Crippen LogP contribution is -2.19. The van der Waals surface area contributed by atoms with Crippen LogP contribution in [0, 0.1) is 17.1 Å². The first-order valence-corrected chi connectivity index (χ1v) is 8.15. The molecule has 1 saturated carbocycles. The number of hydrogen-bond acceptors (Lipinski definition) is 5. The van der Waals surface area contributed by atoms with Gasteiger partial charge in [-0.1, -0.05) is 11.8 Å². The number of nitriles is 1. The quantitative estimate of drug-likeness (QED) is 0.914. The van der Waals surface area contributed by atoms with Gasteiger partial charge in [0.1, 0.15) is 11.4 Å². The number of nitrogens with zero attached hydrogens (tertiary/aromatic N) is 2. The van der Waals surface area contributed by atoms with Gasteiger partial charge in [0.05, 0.1) is 34.7 Å². The van der Waals surface area contributed by atoms with Gasteiger partial charge >= 0.3 is 0 Å². The van der Waals surface area contributed by atoms with Crippen molar-refractivity contribution < 1.29 is 14.2 Å². The molecule has 7 heteroatoms. The van der Waals surface area contributed by atoms with E-state index in [1.807, 2.05) is 10.6 Å². The highest BCUT2D eigenvalue weighted by Crippen LogP contribution is 2.49. The van der Waals surface area contributed by atoms with Crippen molar-refractivity contribution >= 4 is 22.7 Å². The van der Waals surface area contributed by atoms with Crippen LogP contribution in [-0.2, 0) is 0 Å². The molecule has 4 rings (SSSR count). The smallest absolute Gasteiger partial charge is 0.196 e. The lowest BCUT2D eigenvalue weighted by Gasteiger charge is -2.18. The van der Waals surface area contributed by atoms with Crippen molar-refractivity contribution in [2.24, 2.45) is 0 Å². The molecule has 0 saturated heterocycles. The average molecular weight is 332 g/mol. The molecule has 0 bridgehead atoms. The zero-order valence-corrected chi connectivity index (χ0v) is 13.1. The summed E-state index contributed by atoms with van der Waals surface area (Å²) >= 11 is 1.17. The summed E-state index contributed by atoms with van der Waals surface area (Å²) < 4.78 is 21.2. The summed E-state index contributed by atoms with van der Waals surface area (Å²) in [6.45, 7) is 0. The molecule has 2 heterocycles. The predicted molar refractivity (Wildman–Crippen MR) is 83.2 cm³/mol. The third-order valence-electron chi connectivity index (χ3n) is 4.33. The van der Waals surface area contributed by atoms with Gasteiger partial charge in [-0.15, -0.1) is 0 Å². The Morgan fingerprint density at radius 1 is 1.48 bits per heavy atom. The zero-order valence-electron chi connectivity index (χ0n) is 12.2. The summed E-state index contributed by atoms with van der Waals surface area (Å²) in [5, 5.41) is 19.7. The Morgan fingerprint density at radius 2 is 2.22 bits per heavy atom. The largest absolute Gasteiger partial charge is 0.492 e. The van der Waals surface area contributed by atoms with E-state index < -0.39 is 17.2 Å². The molecule has 1 aliphatic carbocycles. The SMILES string of the molecule is COc1c(F)ccc2c(=O)c3c(n(C4CC4)c12)SC(C#N)C3O. The fraction of sp³-hybridized carbons (Fsp3) is 0.375. The van der Waals surface area contributed by atoms with Gasteiger partial charge in [0.25, 0.3) is 0 Å². The number of rotatable bonds is 2. The van der Waals surface area contributed by atoms with Gasteiger partial charge in [-0.05, 0) is 25.0 Å². The van der Waals surface area contributed by atoms with E-state index in [9.17, 15) is 19.6 Å². The first-order valence-electron chi connectivity index (χ1n) is 7.27. The van der Waals surface area contributed by atoms with E-state index in [0.717, 1.165) is 12.8 Å². The summed E-state index contributed by atoms with van der Waals surface area (Å²) in [4.78, 5) is 12.8. The number of aliphatic hydroxyl groups excluding tert-OH is 1. The normalized spacial score (nSPS) is 22.9. The van der Waals surface area contributed by atoms with Crippen LogP contribution in [0.2, 0.25) is 0 Å². The van der Waals surface area contributed by atoms with Crippen LogP contribution < -0.4 is 10.2 Å². The minimum Gasteiger partial charge on any atom is -0.492 e. The van der Waals surface area contributed by atoms with Crippen molar-refractivity contribution in [2.45, 2.75) is 35.3 Å². The molecule has 23 heavy (non-hydrogen) atoms. The maximum absolute atomic E-state index is 14.1. The molecule has 2 atom stereocenters. The van der Waals surface area contributed by atoms with E-state index >= 15 is 0 Å². The Kier molecular flexibility index (Phi) is 3.15. The molecule has 2 unspecified atom stereocenters. The number of fused-ring (bicyclic) bond motifs is 2. The van der Waals surface area contributed by atoms with Crippen LogP contribution in [0.5, 0.6) is 5.75 Å². The van der Waals surface area contributed by atoms with Crippen LogP contribution in [0.3, 0.4) is 0 Å². The standard InChI is InChI=1S/C16H13FN2O3S/c1-22-15-9(17)5-4-8-12(15)19(7-2-3-7)16-11(13(8)20)14(21)10(6-18)23-16/h4-5,7,10,14,21H,2-3H2,1H3. The van der Waals surface area contributed by atoms with E-state index in [1.165, 1.54) is 31.0 Å². The molecule has 1 N–H and O–H groups in total. The summed E-state index contributed by atoms with van der Waals surface area (Å²) in [6, 6.07) is 4.78. The number of methoxy groups -OCH3 is 1. The first kappa shape index (κ1) is 14.5. The van der Waals surface area contributed by atoms with E-state index in [4.69, 9.17) is 4.74 Å². The number of halogens is 1. The lowest BCUT2D eigenvalue weighted by atomic mass is 10.0. The molecule has 1 aromatic heterocycles. The number of aromatic nitrogens is 1. The highest BCUT2D eigenvalue weighted by atomic mass is 32.2. The van der Waals surface area contributed by atoms with Crippen molar-refractivity contribution in [3.05, 3.63) is 33.7 Å². The van der Waals surface area contributed by atoms with Crippen molar-refractivity contribution in [1.82, 2.24) is 4.57 Å². The fourth-order valence-corrected chi connectivity index (χ4v) is 4.38. The van der Waals surface area contributed by atoms with E-state index in [1.54, 1.807) is 0 Å². The second-order valence-electron chi connectivity index (χ2n) is 5.74. The van der Waals surface area contributed by atoms with Crippen LogP contribution in [0.15, 0.2) is 22.0 Å². The van der Waals surface area contributed by atoms with Crippen molar-refractivity contribution in [3.8, 4) is 11.8 Å². The number of aliphatic hydroxyl groups is 1. The molecule has 1 aromatic carbocycles. The molecule has 0 spiro atoms. The molecule has 118 valence electrons. The molecule has 2 aromatic rings. The maximum Gasteiger partial charge on any atom is 0.196 e. The number of hydrogen-bond donors (Lipinski definition) is 1. The minimum atomic E-state index is -1.13. The Balaban J connectivity index is 2.17. The molecular formula is C16H13FN2O3S. The average Bonchev–Trinajstić information content (AvgIpc) is 3.31. The third kappa shape index (κ3) is 1.92. The molecule has 0 radical (unpaired) electrons. The van der Waals surface area contributed by atoms with E-state index in [2.05, 4.69) is 0 Å². The van der Waals surface area contributed by atoms with Crippen molar-refractivity contribution in [1.29, 1.82) is 5.26 Å². The second-order valence-corrected chi connectivity index (χ2v) is 6.87. The van der Waals surface area contributed by atoms with Gasteiger partial charge in [-0.3, -0.25) is 4.79 Å². The molecule has 5 nitrogen and oxygen atoms in total. The summed E-state index contributed by atoms with van der Waals surface area (Å²) in [6.07, 6.45) is 0.702. The molecule has 0 amide bonds. The second kappa shape index (κ2) is 4.98. The van der Waals surface area contributed by atoms with Gasteiger partial charge < -0.3 is 14.4 Å². The Morgan fingerprint density at radius 3 is 2.83 bits per heavy atom. The van der Waals surface area contributed by atoms with Gasteiger partial charge in [0.2, 0.25) is 0 Å². The third-order valence-corrected chi connectivity index (χ3v) is 5.58. The Labute approximate surface area is 135 Å². The lowest BCUT2D eigenvalue weighted by molar-refractivity contribution is 0.188. The van der Waals surface area contributed by atoms with Gasteiger partial charge in [-0.2, -0.15) is 5.26 Å². The molecular weight excluding hydrogens is 319 g/mol. The highest BCUT2D eigenvalue weighted by Gasteiger charge is 2.41. The number of thioether (sulfide) groups is 1. The van der Waals surface area contributed by atoms with Crippen LogP contribution in [0.25, 0.3) is 10.9 Å². The van der Waals surface area contributed by atoms with Crippen molar-refractivity contribution in [2.75, 3.05) is 7.11 Å². The highest BCUT2D eigenvalue weighted by molar-refractivity contribution is 8.00. The zero-order chi connectivity index (χ0) is 16.3. The molecule has 2 aliphatic rings. The summed E-state index contributed by atoms with van der Waals surface area (Å²) in [5.74, 6) is -0.501. The number of pyridine rings is 1. The Hall–Kier alpha value is -2.04. The van der Waals surface area contributed by atoms with Gasteiger partial charge in [0.15, 0.2) is 17.0 Å². The van der Waals surface area contributed by atoms with Crippen LogP contribution >= 0.6 is 11.8 Å². The minimum absolute atomic E-state index is 0.0322. The number of ether oxygens (including phenoxy) is 1. The van der Waals surface area contributed by atoms with Gasteiger partial charge in [-0.25, -0.2) is 4.39 Å². The molecule has 1 aliphatic heterocycles. The first-order chi connectivity index (χ1) is 11.1. The van der Waals surface area contributed by atoms with Crippen molar-refractivity contribution in [3.63, 3.8) is 0 Å².